The molecule has 1 aliphatic rings. The van der Waals surface area contributed by atoms with E-state index in [1.807, 2.05) is 19.1 Å². The van der Waals surface area contributed by atoms with Crippen molar-refractivity contribution < 1.29 is 14.0 Å². The lowest BCUT2D eigenvalue weighted by molar-refractivity contribution is -0.116. The van der Waals surface area contributed by atoms with Crippen LogP contribution in [0, 0.1) is 5.82 Å². The number of fused-ring (bicyclic) bond motifs is 1. The van der Waals surface area contributed by atoms with Gasteiger partial charge in [-0.2, -0.15) is 0 Å². The number of hydrogen-bond donors (Lipinski definition) is 0. The minimum atomic E-state index is -0.473. The summed E-state index contributed by atoms with van der Waals surface area (Å²) in [4.78, 5) is 26.8. The predicted octanol–water partition coefficient (Wildman–Crippen LogP) is 4.75. The second-order valence-electron chi connectivity index (χ2n) is 5.96. The van der Waals surface area contributed by atoms with Gasteiger partial charge in [-0.1, -0.05) is 11.6 Å². The lowest BCUT2D eigenvalue weighted by Gasteiger charge is -2.15. The number of Topliss-reactive ketones (excluding diaryl/α,β-unsaturated/α-hetero) is 1. The van der Waals surface area contributed by atoms with Crippen LogP contribution in [0.3, 0.4) is 0 Å². The van der Waals surface area contributed by atoms with Crippen LogP contribution in [0.5, 0.6) is 0 Å². The van der Waals surface area contributed by atoms with Gasteiger partial charge in [0, 0.05) is 29.6 Å². The third kappa shape index (κ3) is 3.72. The number of amides is 1. The van der Waals surface area contributed by atoms with Gasteiger partial charge in [0.05, 0.1) is 10.3 Å². The first-order valence-corrected chi connectivity index (χ1v) is 9.19. The molecular formula is C19H17ClFNO2S. The van der Waals surface area contributed by atoms with Crippen LogP contribution in [0.4, 0.5) is 10.1 Å². The molecule has 0 bridgehead atoms. The zero-order valence-corrected chi connectivity index (χ0v) is 15.5. The van der Waals surface area contributed by atoms with Crippen molar-refractivity contribution in [3.63, 3.8) is 0 Å². The number of hydrogen-bond acceptors (Lipinski definition) is 3. The van der Waals surface area contributed by atoms with Crippen molar-refractivity contribution in [2.24, 2.45) is 0 Å². The van der Waals surface area contributed by atoms with Crippen molar-refractivity contribution in [2.45, 2.75) is 30.4 Å². The third-order valence-electron chi connectivity index (χ3n) is 4.21. The van der Waals surface area contributed by atoms with E-state index in [-0.39, 0.29) is 22.0 Å². The summed E-state index contributed by atoms with van der Waals surface area (Å²) in [5.74, 6) is -0.469. The van der Waals surface area contributed by atoms with E-state index in [9.17, 15) is 14.0 Å². The van der Waals surface area contributed by atoms with E-state index in [0.717, 1.165) is 22.6 Å². The van der Waals surface area contributed by atoms with Gasteiger partial charge in [-0.15, -0.1) is 11.8 Å². The van der Waals surface area contributed by atoms with Crippen LogP contribution < -0.4 is 4.90 Å². The smallest absolute Gasteiger partial charge is 0.223 e. The topological polar surface area (TPSA) is 37.4 Å². The summed E-state index contributed by atoms with van der Waals surface area (Å²) < 4.78 is 13.2. The van der Waals surface area contributed by atoms with Gasteiger partial charge in [0.25, 0.3) is 0 Å². The lowest BCUT2D eigenvalue weighted by atomic mass is 10.0. The highest BCUT2D eigenvalue weighted by atomic mass is 35.5. The van der Waals surface area contributed by atoms with E-state index >= 15 is 0 Å². The van der Waals surface area contributed by atoms with E-state index in [2.05, 4.69) is 0 Å². The Labute approximate surface area is 155 Å². The molecular weight excluding hydrogens is 361 g/mol. The molecule has 1 heterocycles. The molecule has 25 heavy (non-hydrogen) atoms. The molecule has 1 aliphatic heterocycles. The molecule has 2 aromatic rings. The van der Waals surface area contributed by atoms with Crippen molar-refractivity contribution >= 4 is 40.7 Å². The van der Waals surface area contributed by atoms with Gasteiger partial charge in [0.1, 0.15) is 5.82 Å². The van der Waals surface area contributed by atoms with Gasteiger partial charge in [-0.05, 0) is 55.3 Å². The fraction of sp³-hybridized carbons (Fsp3) is 0.263. The number of anilines is 1. The van der Waals surface area contributed by atoms with Gasteiger partial charge in [-0.3, -0.25) is 9.59 Å². The summed E-state index contributed by atoms with van der Waals surface area (Å²) in [5.41, 5.74) is 2.52. The van der Waals surface area contributed by atoms with Crippen LogP contribution in [0.15, 0.2) is 41.3 Å². The first-order chi connectivity index (χ1) is 11.9. The Kier molecular flexibility index (Phi) is 5.16. The number of halogens is 2. The average molecular weight is 378 g/mol. The molecule has 0 saturated carbocycles. The lowest BCUT2D eigenvalue weighted by Crippen LogP contribution is -2.25. The van der Waals surface area contributed by atoms with Gasteiger partial charge >= 0.3 is 0 Å². The van der Waals surface area contributed by atoms with Crippen molar-refractivity contribution in [1.29, 1.82) is 0 Å². The second kappa shape index (κ2) is 7.18. The quantitative estimate of drug-likeness (QED) is 0.570. The fourth-order valence-electron chi connectivity index (χ4n) is 2.92. The molecule has 0 saturated heterocycles. The molecule has 0 spiro atoms. The van der Waals surface area contributed by atoms with Crippen LogP contribution in [0.2, 0.25) is 5.02 Å². The van der Waals surface area contributed by atoms with E-state index in [1.165, 1.54) is 23.9 Å². The molecule has 2 aromatic carbocycles. The Bertz CT molecular complexity index is 855. The third-order valence-corrected chi connectivity index (χ3v) is 5.60. The zero-order chi connectivity index (χ0) is 18.1. The molecule has 1 atom stereocenters. The highest BCUT2D eigenvalue weighted by Crippen LogP contribution is 2.32. The standard InChI is InChI=1S/C19H17ClFNO2S/c1-11(25-15-4-5-17(21)16(20)10-15)19(24)14-3-6-18-13(9-14)7-8-22(18)12(2)23/h3-6,9-11H,7-8H2,1-2H3/t11-/m1/s1. The van der Waals surface area contributed by atoms with Gasteiger partial charge < -0.3 is 4.90 Å². The molecule has 3 rings (SSSR count). The summed E-state index contributed by atoms with van der Waals surface area (Å²) in [6.07, 6.45) is 0.755. The predicted molar refractivity (Wildman–Crippen MR) is 99.2 cm³/mol. The number of rotatable bonds is 4. The van der Waals surface area contributed by atoms with Gasteiger partial charge in [0.2, 0.25) is 5.91 Å². The van der Waals surface area contributed by atoms with Gasteiger partial charge in [-0.25, -0.2) is 4.39 Å². The number of ketones is 1. The normalized spacial score (nSPS) is 14.3. The monoisotopic (exact) mass is 377 g/mol. The Hall–Kier alpha value is -1.85. The Morgan fingerprint density at radius 2 is 2.00 bits per heavy atom. The zero-order valence-electron chi connectivity index (χ0n) is 13.9. The number of nitrogens with zero attached hydrogens (tertiary/aromatic N) is 1. The Morgan fingerprint density at radius 1 is 1.24 bits per heavy atom. The van der Waals surface area contributed by atoms with E-state index in [0.29, 0.717) is 12.1 Å². The average Bonchev–Trinajstić information content (AvgIpc) is 3.00. The number of benzene rings is 2. The molecule has 0 unspecified atom stereocenters. The van der Waals surface area contributed by atoms with Crippen LogP contribution >= 0.6 is 23.4 Å². The van der Waals surface area contributed by atoms with Crippen molar-refractivity contribution in [3.8, 4) is 0 Å². The molecule has 0 fully saturated rings. The van der Waals surface area contributed by atoms with Crippen LogP contribution in [0.25, 0.3) is 0 Å². The highest BCUT2D eigenvalue weighted by Gasteiger charge is 2.24. The first-order valence-electron chi connectivity index (χ1n) is 7.94. The Balaban J connectivity index is 1.76. The summed E-state index contributed by atoms with van der Waals surface area (Å²) in [6, 6.07) is 9.91. The number of thioether (sulfide) groups is 1. The highest BCUT2D eigenvalue weighted by molar-refractivity contribution is 8.00. The maximum atomic E-state index is 13.2. The maximum absolute atomic E-state index is 13.2. The summed E-state index contributed by atoms with van der Waals surface area (Å²) >= 11 is 7.13. The van der Waals surface area contributed by atoms with E-state index in [4.69, 9.17) is 11.6 Å². The maximum Gasteiger partial charge on any atom is 0.223 e. The second-order valence-corrected chi connectivity index (χ2v) is 7.79. The summed E-state index contributed by atoms with van der Waals surface area (Å²) in [6.45, 7) is 4.01. The van der Waals surface area contributed by atoms with Crippen LogP contribution in [-0.2, 0) is 11.2 Å². The molecule has 6 heteroatoms. The van der Waals surface area contributed by atoms with Gasteiger partial charge in [0.15, 0.2) is 5.78 Å². The Morgan fingerprint density at radius 3 is 2.68 bits per heavy atom. The first kappa shape index (κ1) is 18.0. The molecule has 0 aliphatic carbocycles. The minimum absolute atomic E-state index is 0.00507. The van der Waals surface area contributed by atoms with Crippen molar-refractivity contribution in [2.75, 3.05) is 11.4 Å². The van der Waals surface area contributed by atoms with E-state index in [1.54, 1.807) is 24.0 Å². The molecule has 0 radical (unpaired) electrons. The van der Waals surface area contributed by atoms with E-state index < -0.39 is 5.82 Å². The molecule has 0 aromatic heterocycles. The molecule has 0 N–H and O–H groups in total. The van der Waals surface area contributed by atoms with Crippen LogP contribution in [0.1, 0.15) is 29.8 Å². The molecule has 3 nitrogen and oxygen atoms in total. The fourth-order valence-corrected chi connectivity index (χ4v) is 4.15. The number of carbonyl (C=O) groups is 2. The minimum Gasteiger partial charge on any atom is -0.312 e. The largest absolute Gasteiger partial charge is 0.312 e. The molecule has 130 valence electrons. The number of carbonyl (C=O) groups excluding carboxylic acids is 2. The SMILES string of the molecule is CC(=O)N1CCc2cc(C(=O)[C@@H](C)Sc3ccc(F)c(Cl)c3)ccc21. The summed E-state index contributed by atoms with van der Waals surface area (Å²) in [7, 11) is 0. The van der Waals surface area contributed by atoms with Crippen LogP contribution in [-0.4, -0.2) is 23.5 Å². The van der Waals surface area contributed by atoms with Crippen molar-refractivity contribution in [1.82, 2.24) is 0 Å². The summed E-state index contributed by atoms with van der Waals surface area (Å²) in [5, 5.41) is -0.281. The molecule has 1 amide bonds. The van der Waals surface area contributed by atoms with Crippen molar-refractivity contribution in [3.05, 3.63) is 58.4 Å².